The van der Waals surface area contributed by atoms with E-state index in [0.29, 0.717) is 40.7 Å². The van der Waals surface area contributed by atoms with E-state index in [2.05, 4.69) is 38.3 Å². The van der Waals surface area contributed by atoms with Crippen molar-refractivity contribution in [3.05, 3.63) is 0 Å². The predicted molar refractivity (Wildman–Crippen MR) is 168 cm³/mol. The van der Waals surface area contributed by atoms with Crippen LogP contribution in [0.15, 0.2) is 0 Å². The van der Waals surface area contributed by atoms with Gasteiger partial charge in [0.1, 0.15) is 0 Å². The molecule has 240 valence electrons. The lowest BCUT2D eigenvalue weighted by atomic mass is 9.44. The molecule has 1 unspecified atom stereocenters. The second-order valence-electron chi connectivity index (χ2n) is 18.9. The van der Waals surface area contributed by atoms with Crippen LogP contribution in [-0.4, -0.2) is 36.1 Å². The fraction of sp³-hybridized carbons (Fsp3) is 0.974. The highest BCUT2D eigenvalue weighted by Gasteiger charge is 2.69. The number of amides is 2. The van der Waals surface area contributed by atoms with Crippen LogP contribution in [0.4, 0.5) is 4.79 Å². The zero-order chi connectivity index (χ0) is 29.4. The molecule has 12 atom stereocenters. The normalized spacial score (nSPS) is 59.7. The number of nitrogens with one attached hydrogen (secondary N) is 2. The van der Waals surface area contributed by atoms with Crippen LogP contribution < -0.4 is 10.6 Å². The summed E-state index contributed by atoms with van der Waals surface area (Å²) in [5.41, 5.74) is 0.947. The molecule has 4 bridgehead atoms. The smallest absolute Gasteiger partial charge is 0.315 e. The lowest BCUT2D eigenvalue weighted by Crippen LogP contribution is -2.62. The second kappa shape index (κ2) is 9.61. The topological polar surface area (TPSA) is 59.6 Å². The van der Waals surface area contributed by atoms with E-state index in [-0.39, 0.29) is 17.4 Å². The maximum absolute atomic E-state index is 13.4. The van der Waals surface area contributed by atoms with E-state index in [4.69, 9.17) is 9.47 Å². The Hall–Kier alpha value is -0.810. The van der Waals surface area contributed by atoms with Gasteiger partial charge in [0.25, 0.3) is 0 Å². The van der Waals surface area contributed by atoms with E-state index in [1.807, 2.05) is 0 Å². The van der Waals surface area contributed by atoms with Crippen molar-refractivity contribution in [2.45, 2.75) is 154 Å². The highest BCUT2D eigenvalue weighted by Crippen LogP contribution is 2.71. The molecule has 0 aromatic heterocycles. The largest absolute Gasteiger partial charge is 0.349 e. The van der Waals surface area contributed by atoms with Crippen LogP contribution in [0.3, 0.4) is 0 Å². The monoisotopic (exact) mass is 592 g/mol. The summed E-state index contributed by atoms with van der Waals surface area (Å²) >= 11 is 0. The second-order valence-corrected chi connectivity index (χ2v) is 18.9. The van der Waals surface area contributed by atoms with Gasteiger partial charge in [0.2, 0.25) is 0 Å². The molecule has 10 aliphatic rings. The molecule has 8 saturated carbocycles. The molecular weight excluding hydrogens is 532 g/mol. The first-order chi connectivity index (χ1) is 20.6. The van der Waals surface area contributed by atoms with Crippen molar-refractivity contribution in [2.24, 2.45) is 70.0 Å². The van der Waals surface area contributed by atoms with Gasteiger partial charge in [-0.2, -0.15) is 0 Å². The summed E-state index contributed by atoms with van der Waals surface area (Å²) in [6.45, 7) is 11.0. The van der Waals surface area contributed by atoms with Gasteiger partial charge in [-0.15, -0.1) is 0 Å². The average Bonchev–Trinajstić information content (AvgIpc) is 3.39. The summed E-state index contributed by atoms with van der Waals surface area (Å²) in [6.07, 6.45) is 21.2. The van der Waals surface area contributed by atoms with Gasteiger partial charge in [-0.3, -0.25) is 0 Å². The predicted octanol–water partition coefficient (Wildman–Crippen LogP) is 8.07. The number of carbonyl (C=O) groups is 1. The Kier molecular flexibility index (Phi) is 6.35. The number of hydrogen-bond donors (Lipinski definition) is 2. The maximum atomic E-state index is 13.4. The summed E-state index contributed by atoms with van der Waals surface area (Å²) < 4.78 is 13.6. The van der Waals surface area contributed by atoms with E-state index < -0.39 is 0 Å². The number of carbonyl (C=O) groups excluding carboxylic acids is 1. The van der Waals surface area contributed by atoms with E-state index >= 15 is 0 Å². The lowest BCUT2D eigenvalue weighted by molar-refractivity contribution is -0.273. The highest BCUT2D eigenvalue weighted by molar-refractivity contribution is 5.75. The van der Waals surface area contributed by atoms with Gasteiger partial charge in [0, 0.05) is 23.9 Å². The molecule has 2 saturated heterocycles. The Morgan fingerprint density at radius 3 is 2.19 bits per heavy atom. The lowest BCUT2D eigenvalue weighted by Gasteiger charge is -2.61. The number of ether oxygens (including phenoxy) is 2. The molecule has 8 aliphatic carbocycles. The molecule has 0 radical (unpaired) electrons. The minimum absolute atomic E-state index is 0.108. The molecular formula is C38H60N2O3. The van der Waals surface area contributed by atoms with Crippen molar-refractivity contribution in [3.8, 4) is 0 Å². The standard InChI is InChI=1S/C38H60N2O3/c1-22-7-12-38(42-21-22)23(2)33-32(43-38)17-31-29-6-5-27-16-28(8-10-35(27,3)30(29)9-11-36(31,33)4)39-34(41)40-37-18-24-13-25(19-37)15-26(14-24)20-37/h22-33H,5-21H2,1-4H3,(H2,39,40,41)/t22-,23-,24?,25?,26?,27+,28?,29+,30-,31-,32-,33-,35-,36-,37?,38+/m0/s1. The van der Waals surface area contributed by atoms with Crippen LogP contribution in [0, 0.1) is 70.0 Å². The van der Waals surface area contributed by atoms with Gasteiger partial charge < -0.3 is 20.1 Å². The Morgan fingerprint density at radius 2 is 1.49 bits per heavy atom. The number of rotatable bonds is 2. The first-order valence-electron chi connectivity index (χ1n) is 19.0. The van der Waals surface area contributed by atoms with Crippen molar-refractivity contribution < 1.29 is 14.3 Å². The summed E-state index contributed by atoms with van der Waals surface area (Å²) in [5, 5.41) is 7.15. The highest BCUT2D eigenvalue weighted by atomic mass is 16.7. The number of hydrogen-bond acceptors (Lipinski definition) is 3. The first-order valence-corrected chi connectivity index (χ1v) is 19.0. The number of fused-ring (bicyclic) bond motifs is 7. The van der Waals surface area contributed by atoms with Gasteiger partial charge >= 0.3 is 6.03 Å². The van der Waals surface area contributed by atoms with E-state index in [0.717, 1.165) is 60.9 Å². The van der Waals surface area contributed by atoms with E-state index in [1.54, 1.807) is 0 Å². The van der Waals surface area contributed by atoms with E-state index in [1.165, 1.54) is 89.9 Å². The maximum Gasteiger partial charge on any atom is 0.315 e. The summed E-state index contributed by atoms with van der Waals surface area (Å²) in [5.74, 6) is 7.41. The molecule has 5 nitrogen and oxygen atoms in total. The van der Waals surface area contributed by atoms with Crippen molar-refractivity contribution in [3.63, 3.8) is 0 Å². The molecule has 0 aromatic rings. The first kappa shape index (κ1) is 28.4. The minimum atomic E-state index is -0.302. The third-order valence-corrected chi connectivity index (χ3v) is 16.7. The van der Waals surface area contributed by atoms with Crippen molar-refractivity contribution >= 4 is 6.03 Å². The fourth-order valence-corrected chi connectivity index (χ4v) is 15.1. The molecule has 2 amide bonds. The average molecular weight is 593 g/mol. The van der Waals surface area contributed by atoms with Crippen molar-refractivity contribution in [1.29, 1.82) is 0 Å². The Balaban J connectivity index is 0.852. The Labute approximate surface area is 261 Å². The van der Waals surface area contributed by atoms with Gasteiger partial charge in [-0.1, -0.05) is 27.7 Å². The summed E-state index contributed by atoms with van der Waals surface area (Å²) in [6, 6.07) is 0.505. The third-order valence-electron chi connectivity index (χ3n) is 16.7. The van der Waals surface area contributed by atoms with Crippen LogP contribution in [-0.2, 0) is 9.47 Å². The molecule has 43 heavy (non-hydrogen) atoms. The van der Waals surface area contributed by atoms with Gasteiger partial charge in [-0.25, -0.2) is 4.79 Å². The Morgan fingerprint density at radius 1 is 0.767 bits per heavy atom. The third kappa shape index (κ3) is 4.17. The molecule has 0 aromatic carbocycles. The summed E-state index contributed by atoms with van der Waals surface area (Å²) in [4.78, 5) is 13.4. The fourth-order valence-electron chi connectivity index (χ4n) is 15.1. The molecule has 2 aliphatic heterocycles. The molecule has 2 heterocycles. The van der Waals surface area contributed by atoms with Crippen LogP contribution in [0.2, 0.25) is 0 Å². The van der Waals surface area contributed by atoms with Gasteiger partial charge in [0.05, 0.1) is 12.7 Å². The SMILES string of the molecule is C[C@H]1CC[C@@]2(OC1)O[C@H]1C[C@H]3[C@@H]4CC[C@@H]5CC(NC(=O)NC67CC8CC(CC(C8)C6)C7)CC[C@]5(C)[C@H]4CC[C@]3(C)[C@H]1[C@@H]2C. The quantitative estimate of drug-likeness (QED) is 0.341. The Bertz CT molecular complexity index is 1090. The zero-order valence-corrected chi connectivity index (χ0v) is 27.7. The minimum Gasteiger partial charge on any atom is -0.349 e. The number of urea groups is 1. The van der Waals surface area contributed by atoms with Crippen LogP contribution in [0.5, 0.6) is 0 Å². The van der Waals surface area contributed by atoms with Crippen molar-refractivity contribution in [1.82, 2.24) is 10.6 Å². The van der Waals surface area contributed by atoms with E-state index in [9.17, 15) is 4.79 Å². The molecule has 5 heteroatoms. The molecule has 1 spiro atoms. The van der Waals surface area contributed by atoms with Crippen LogP contribution >= 0.6 is 0 Å². The molecule has 10 fully saturated rings. The zero-order valence-electron chi connectivity index (χ0n) is 27.7. The van der Waals surface area contributed by atoms with Gasteiger partial charge in [-0.05, 0) is 160 Å². The molecule has 2 N–H and O–H groups in total. The van der Waals surface area contributed by atoms with Gasteiger partial charge in [0.15, 0.2) is 5.79 Å². The van der Waals surface area contributed by atoms with Crippen molar-refractivity contribution in [2.75, 3.05) is 6.61 Å². The van der Waals surface area contributed by atoms with Crippen LogP contribution in [0.1, 0.15) is 130 Å². The summed E-state index contributed by atoms with van der Waals surface area (Å²) in [7, 11) is 0. The van der Waals surface area contributed by atoms with Crippen LogP contribution in [0.25, 0.3) is 0 Å². The molecule has 10 rings (SSSR count).